The minimum atomic E-state index is -4.46. The predicted octanol–water partition coefficient (Wildman–Crippen LogP) is 3.18. The topological polar surface area (TPSA) is 39.9 Å². The average molecular weight is 285 g/mol. The Bertz CT molecular complexity index is 620. The van der Waals surface area contributed by atoms with Crippen molar-refractivity contribution in [3.63, 3.8) is 0 Å². The number of imidazole rings is 1. The summed E-state index contributed by atoms with van der Waals surface area (Å²) >= 11 is 0. The van der Waals surface area contributed by atoms with Gasteiger partial charge in [0.25, 0.3) is 0 Å². The third kappa shape index (κ3) is 2.67. The summed E-state index contributed by atoms with van der Waals surface area (Å²) in [5, 5.41) is 0. The molecule has 0 bridgehead atoms. The number of halogens is 3. The number of aryl methyl sites for hydroxylation is 1. The third-order valence-electron chi connectivity index (χ3n) is 2.95. The van der Waals surface area contributed by atoms with Gasteiger partial charge in [-0.25, -0.2) is 9.97 Å². The third-order valence-corrected chi connectivity index (χ3v) is 2.95. The first-order valence-corrected chi connectivity index (χ1v) is 5.92. The predicted molar refractivity (Wildman–Crippen MR) is 66.9 cm³/mol. The SMILES string of the molecule is COCn1c(C)nc(-c2cccc(C(F)(F)F)n2)c1C. The van der Waals surface area contributed by atoms with Crippen LogP contribution in [0.1, 0.15) is 17.2 Å². The van der Waals surface area contributed by atoms with E-state index in [2.05, 4.69) is 9.97 Å². The maximum absolute atomic E-state index is 12.7. The Morgan fingerprint density at radius 3 is 2.50 bits per heavy atom. The number of alkyl halides is 3. The van der Waals surface area contributed by atoms with E-state index in [-0.39, 0.29) is 5.69 Å². The number of aromatic nitrogens is 3. The Kier molecular flexibility index (Phi) is 3.80. The zero-order valence-corrected chi connectivity index (χ0v) is 11.3. The first-order chi connectivity index (χ1) is 9.34. The van der Waals surface area contributed by atoms with Gasteiger partial charge in [-0.3, -0.25) is 0 Å². The van der Waals surface area contributed by atoms with E-state index in [9.17, 15) is 13.2 Å². The van der Waals surface area contributed by atoms with Crippen molar-refractivity contribution < 1.29 is 17.9 Å². The van der Waals surface area contributed by atoms with Crippen LogP contribution in [-0.4, -0.2) is 21.6 Å². The van der Waals surface area contributed by atoms with Gasteiger partial charge in [0.1, 0.15) is 23.9 Å². The molecule has 0 aliphatic rings. The fraction of sp³-hybridized carbons (Fsp3) is 0.385. The maximum Gasteiger partial charge on any atom is 0.433 e. The molecule has 0 atom stereocenters. The van der Waals surface area contributed by atoms with Crippen molar-refractivity contribution >= 4 is 0 Å². The Labute approximate surface area is 114 Å². The molecule has 2 heterocycles. The van der Waals surface area contributed by atoms with E-state index in [0.29, 0.717) is 18.2 Å². The van der Waals surface area contributed by atoms with Crippen LogP contribution < -0.4 is 0 Å². The van der Waals surface area contributed by atoms with Crippen LogP contribution in [0.2, 0.25) is 0 Å². The maximum atomic E-state index is 12.7. The molecule has 0 aromatic carbocycles. The van der Waals surface area contributed by atoms with Crippen molar-refractivity contribution in [1.29, 1.82) is 0 Å². The van der Waals surface area contributed by atoms with Crippen LogP contribution in [0.4, 0.5) is 13.2 Å². The molecular weight excluding hydrogens is 271 g/mol. The van der Waals surface area contributed by atoms with Gasteiger partial charge in [-0.2, -0.15) is 13.2 Å². The summed E-state index contributed by atoms with van der Waals surface area (Å²) in [6.07, 6.45) is -4.46. The molecule has 0 N–H and O–H groups in total. The van der Waals surface area contributed by atoms with Crippen molar-refractivity contribution in [1.82, 2.24) is 14.5 Å². The summed E-state index contributed by atoms with van der Waals surface area (Å²) in [6, 6.07) is 3.79. The number of pyridine rings is 1. The lowest BCUT2D eigenvalue weighted by molar-refractivity contribution is -0.141. The van der Waals surface area contributed by atoms with Gasteiger partial charge in [-0.05, 0) is 26.0 Å². The lowest BCUT2D eigenvalue weighted by atomic mass is 10.2. The molecule has 7 heteroatoms. The first kappa shape index (κ1) is 14.5. The van der Waals surface area contributed by atoms with Crippen molar-refractivity contribution in [3.8, 4) is 11.4 Å². The molecule has 0 unspecified atom stereocenters. The summed E-state index contributed by atoms with van der Waals surface area (Å²) in [6.45, 7) is 3.84. The van der Waals surface area contributed by atoms with Gasteiger partial charge in [0.05, 0.1) is 5.69 Å². The molecular formula is C13H14F3N3O. The van der Waals surface area contributed by atoms with Crippen LogP contribution in [0.15, 0.2) is 18.2 Å². The number of nitrogens with zero attached hydrogens (tertiary/aromatic N) is 3. The number of methoxy groups -OCH3 is 1. The van der Waals surface area contributed by atoms with E-state index in [1.807, 2.05) is 0 Å². The zero-order valence-electron chi connectivity index (χ0n) is 11.3. The van der Waals surface area contributed by atoms with Crippen molar-refractivity contribution in [2.75, 3.05) is 7.11 Å². The molecule has 0 saturated carbocycles. The van der Waals surface area contributed by atoms with Gasteiger partial charge in [0, 0.05) is 12.8 Å². The van der Waals surface area contributed by atoms with E-state index in [1.54, 1.807) is 25.5 Å². The quantitative estimate of drug-likeness (QED) is 0.869. The van der Waals surface area contributed by atoms with Gasteiger partial charge in [0.15, 0.2) is 0 Å². The molecule has 0 radical (unpaired) electrons. The van der Waals surface area contributed by atoms with Gasteiger partial charge >= 0.3 is 6.18 Å². The second-order valence-corrected chi connectivity index (χ2v) is 4.34. The highest BCUT2D eigenvalue weighted by Crippen LogP contribution is 2.30. The van der Waals surface area contributed by atoms with Crippen LogP contribution in [0, 0.1) is 13.8 Å². The van der Waals surface area contributed by atoms with E-state index in [0.717, 1.165) is 11.8 Å². The van der Waals surface area contributed by atoms with Gasteiger partial charge in [0.2, 0.25) is 0 Å². The van der Waals surface area contributed by atoms with Crippen molar-refractivity contribution in [3.05, 3.63) is 35.4 Å². The highest BCUT2D eigenvalue weighted by Gasteiger charge is 2.32. The summed E-state index contributed by atoms with van der Waals surface area (Å²) in [5.41, 5.74) is 0.436. The lowest BCUT2D eigenvalue weighted by Gasteiger charge is -2.08. The molecule has 2 rings (SSSR count). The number of ether oxygens (including phenoxy) is 1. The number of rotatable bonds is 3. The first-order valence-electron chi connectivity index (χ1n) is 5.92. The highest BCUT2D eigenvalue weighted by molar-refractivity contribution is 5.58. The second-order valence-electron chi connectivity index (χ2n) is 4.34. The normalized spacial score (nSPS) is 11.9. The molecule has 20 heavy (non-hydrogen) atoms. The molecule has 0 amide bonds. The molecule has 0 fully saturated rings. The Balaban J connectivity index is 2.50. The lowest BCUT2D eigenvalue weighted by Crippen LogP contribution is -2.08. The summed E-state index contributed by atoms with van der Waals surface area (Å²) in [7, 11) is 1.54. The van der Waals surface area contributed by atoms with E-state index in [1.165, 1.54) is 12.1 Å². The van der Waals surface area contributed by atoms with E-state index < -0.39 is 11.9 Å². The van der Waals surface area contributed by atoms with Gasteiger partial charge in [-0.15, -0.1) is 0 Å². The van der Waals surface area contributed by atoms with E-state index >= 15 is 0 Å². The molecule has 0 aliphatic carbocycles. The summed E-state index contributed by atoms with van der Waals surface area (Å²) in [5.74, 6) is 0.665. The van der Waals surface area contributed by atoms with Gasteiger partial charge < -0.3 is 9.30 Å². The van der Waals surface area contributed by atoms with Crippen LogP contribution in [-0.2, 0) is 17.6 Å². The summed E-state index contributed by atoms with van der Waals surface area (Å²) < 4.78 is 44.9. The molecule has 2 aromatic rings. The monoisotopic (exact) mass is 285 g/mol. The van der Waals surface area contributed by atoms with Gasteiger partial charge in [-0.1, -0.05) is 6.07 Å². The molecule has 4 nitrogen and oxygen atoms in total. The molecule has 2 aromatic heterocycles. The van der Waals surface area contributed by atoms with Crippen LogP contribution in [0.25, 0.3) is 11.4 Å². The smallest absolute Gasteiger partial charge is 0.364 e. The van der Waals surface area contributed by atoms with Crippen molar-refractivity contribution in [2.45, 2.75) is 26.8 Å². The van der Waals surface area contributed by atoms with Crippen LogP contribution in [0.3, 0.4) is 0 Å². The fourth-order valence-electron chi connectivity index (χ4n) is 1.96. The molecule has 0 saturated heterocycles. The Morgan fingerprint density at radius 2 is 1.90 bits per heavy atom. The largest absolute Gasteiger partial charge is 0.433 e. The van der Waals surface area contributed by atoms with Crippen LogP contribution in [0.5, 0.6) is 0 Å². The highest BCUT2D eigenvalue weighted by atomic mass is 19.4. The Morgan fingerprint density at radius 1 is 1.20 bits per heavy atom. The minimum Gasteiger partial charge on any atom is -0.364 e. The fourth-order valence-corrected chi connectivity index (χ4v) is 1.96. The standard InChI is InChI=1S/C13H14F3N3O/c1-8-12(17-9(2)19(8)7-20-3)10-5-4-6-11(18-10)13(14,15)16/h4-6H,7H2,1-3H3. The zero-order chi connectivity index (χ0) is 14.9. The van der Waals surface area contributed by atoms with E-state index in [4.69, 9.17) is 4.74 Å². The average Bonchev–Trinajstić information content (AvgIpc) is 2.66. The molecule has 0 spiro atoms. The van der Waals surface area contributed by atoms with Crippen molar-refractivity contribution in [2.24, 2.45) is 0 Å². The number of hydrogen-bond acceptors (Lipinski definition) is 3. The second kappa shape index (κ2) is 5.24. The molecule has 0 aliphatic heterocycles. The number of hydrogen-bond donors (Lipinski definition) is 0. The van der Waals surface area contributed by atoms with Crippen LogP contribution >= 0.6 is 0 Å². The minimum absolute atomic E-state index is 0.204. The summed E-state index contributed by atoms with van der Waals surface area (Å²) in [4.78, 5) is 7.92. The Hall–Kier alpha value is -1.89. The molecule has 108 valence electrons.